The lowest BCUT2D eigenvalue weighted by Crippen LogP contribution is -2.31. The summed E-state index contributed by atoms with van der Waals surface area (Å²) in [5, 5.41) is 3.10. The van der Waals surface area contributed by atoms with Crippen LogP contribution >= 0.6 is 0 Å². The maximum atomic E-state index is 13.2. The van der Waals surface area contributed by atoms with E-state index in [-0.39, 0.29) is 17.8 Å². The lowest BCUT2D eigenvalue weighted by Gasteiger charge is -2.21. The van der Waals surface area contributed by atoms with E-state index in [1.54, 1.807) is 12.1 Å². The fourth-order valence-electron chi connectivity index (χ4n) is 2.68. The van der Waals surface area contributed by atoms with Crippen molar-refractivity contribution in [2.24, 2.45) is 0 Å². The third-order valence-corrected chi connectivity index (χ3v) is 4.23. The Morgan fingerprint density at radius 2 is 1.72 bits per heavy atom. The SMILES string of the molecule is Cc1ccc(CCC(=O)NC(CCN(C)C)c2ccc(F)cc2)cc1. The third-order valence-electron chi connectivity index (χ3n) is 4.23. The normalized spacial score (nSPS) is 12.2. The third kappa shape index (κ3) is 6.67. The number of nitrogens with zero attached hydrogens (tertiary/aromatic N) is 1. The highest BCUT2D eigenvalue weighted by molar-refractivity contribution is 5.76. The Morgan fingerprint density at radius 3 is 2.32 bits per heavy atom. The summed E-state index contributed by atoms with van der Waals surface area (Å²) in [6.07, 6.45) is 1.95. The molecular formula is C21H27FN2O. The van der Waals surface area contributed by atoms with Gasteiger partial charge in [0.2, 0.25) is 5.91 Å². The number of carbonyl (C=O) groups excluding carboxylic acids is 1. The summed E-state index contributed by atoms with van der Waals surface area (Å²) in [7, 11) is 4.00. The van der Waals surface area contributed by atoms with Crippen molar-refractivity contribution in [1.82, 2.24) is 10.2 Å². The zero-order valence-electron chi connectivity index (χ0n) is 15.3. The van der Waals surface area contributed by atoms with Crippen LogP contribution in [0.1, 0.15) is 35.6 Å². The van der Waals surface area contributed by atoms with E-state index in [0.717, 1.165) is 30.5 Å². The second-order valence-corrected chi connectivity index (χ2v) is 6.75. The lowest BCUT2D eigenvalue weighted by molar-refractivity contribution is -0.121. The van der Waals surface area contributed by atoms with Crippen molar-refractivity contribution in [3.8, 4) is 0 Å². The number of nitrogens with one attached hydrogen (secondary N) is 1. The number of aryl methyl sites for hydroxylation is 2. The van der Waals surface area contributed by atoms with E-state index in [1.807, 2.05) is 14.1 Å². The van der Waals surface area contributed by atoms with E-state index in [1.165, 1.54) is 17.7 Å². The number of benzene rings is 2. The Bertz CT molecular complexity index is 665. The van der Waals surface area contributed by atoms with Crippen LogP contribution in [0, 0.1) is 12.7 Å². The number of hydrogen-bond donors (Lipinski definition) is 1. The van der Waals surface area contributed by atoms with Crippen molar-refractivity contribution in [2.45, 2.75) is 32.2 Å². The molecule has 2 aromatic carbocycles. The molecule has 0 spiro atoms. The molecule has 1 atom stereocenters. The van der Waals surface area contributed by atoms with Crippen LogP contribution in [0.15, 0.2) is 48.5 Å². The second kappa shape index (κ2) is 9.33. The van der Waals surface area contributed by atoms with Crippen LogP contribution in [0.5, 0.6) is 0 Å². The number of hydrogen-bond acceptors (Lipinski definition) is 2. The minimum Gasteiger partial charge on any atom is -0.349 e. The molecule has 0 heterocycles. The molecule has 2 rings (SSSR count). The predicted molar refractivity (Wildman–Crippen MR) is 100.0 cm³/mol. The molecular weight excluding hydrogens is 315 g/mol. The van der Waals surface area contributed by atoms with Crippen molar-refractivity contribution in [2.75, 3.05) is 20.6 Å². The first-order chi connectivity index (χ1) is 11.9. The molecule has 0 radical (unpaired) electrons. The Kier molecular flexibility index (Phi) is 7.14. The van der Waals surface area contributed by atoms with Gasteiger partial charge in [-0.15, -0.1) is 0 Å². The van der Waals surface area contributed by atoms with Gasteiger partial charge in [-0.2, -0.15) is 0 Å². The van der Waals surface area contributed by atoms with Gasteiger partial charge in [0.25, 0.3) is 0 Å². The van der Waals surface area contributed by atoms with Crippen molar-refractivity contribution >= 4 is 5.91 Å². The number of rotatable bonds is 8. The maximum Gasteiger partial charge on any atom is 0.220 e. The summed E-state index contributed by atoms with van der Waals surface area (Å²) < 4.78 is 13.2. The zero-order valence-corrected chi connectivity index (χ0v) is 15.3. The van der Waals surface area contributed by atoms with E-state index in [0.29, 0.717) is 6.42 Å². The minimum atomic E-state index is -0.263. The molecule has 134 valence electrons. The van der Waals surface area contributed by atoms with Crippen LogP contribution in [0.25, 0.3) is 0 Å². The molecule has 0 saturated heterocycles. The molecule has 0 aromatic heterocycles. The summed E-state index contributed by atoms with van der Waals surface area (Å²) in [4.78, 5) is 14.5. The summed E-state index contributed by atoms with van der Waals surface area (Å²) in [6, 6.07) is 14.5. The van der Waals surface area contributed by atoms with E-state index in [9.17, 15) is 9.18 Å². The highest BCUT2D eigenvalue weighted by atomic mass is 19.1. The summed E-state index contributed by atoms with van der Waals surface area (Å²) in [6.45, 7) is 2.90. The molecule has 4 heteroatoms. The summed E-state index contributed by atoms with van der Waals surface area (Å²) >= 11 is 0. The average molecular weight is 342 g/mol. The first kappa shape index (κ1) is 19.1. The molecule has 0 aliphatic carbocycles. The molecule has 25 heavy (non-hydrogen) atoms. The van der Waals surface area contributed by atoms with E-state index >= 15 is 0 Å². The lowest BCUT2D eigenvalue weighted by atomic mass is 10.0. The molecule has 0 bridgehead atoms. The fourth-order valence-corrected chi connectivity index (χ4v) is 2.68. The Labute approximate surface area is 149 Å². The zero-order chi connectivity index (χ0) is 18.2. The van der Waals surface area contributed by atoms with Crippen molar-refractivity contribution in [3.05, 3.63) is 71.0 Å². The molecule has 0 aliphatic heterocycles. The smallest absolute Gasteiger partial charge is 0.220 e. The molecule has 1 unspecified atom stereocenters. The topological polar surface area (TPSA) is 32.3 Å². The van der Waals surface area contributed by atoms with Gasteiger partial charge >= 0.3 is 0 Å². The van der Waals surface area contributed by atoms with E-state index < -0.39 is 0 Å². The molecule has 0 aliphatic rings. The van der Waals surface area contributed by atoms with Gasteiger partial charge in [-0.1, -0.05) is 42.0 Å². The van der Waals surface area contributed by atoms with Gasteiger partial charge in [-0.3, -0.25) is 4.79 Å². The van der Waals surface area contributed by atoms with Gasteiger partial charge in [0.15, 0.2) is 0 Å². The van der Waals surface area contributed by atoms with Gasteiger partial charge < -0.3 is 10.2 Å². The van der Waals surface area contributed by atoms with E-state index in [2.05, 4.69) is 41.4 Å². The van der Waals surface area contributed by atoms with Gasteiger partial charge in [-0.25, -0.2) is 4.39 Å². The maximum absolute atomic E-state index is 13.2. The van der Waals surface area contributed by atoms with Crippen LogP contribution in [-0.4, -0.2) is 31.4 Å². The second-order valence-electron chi connectivity index (χ2n) is 6.75. The van der Waals surface area contributed by atoms with Gasteiger partial charge in [0.1, 0.15) is 5.82 Å². The minimum absolute atomic E-state index is 0.0219. The van der Waals surface area contributed by atoms with Crippen molar-refractivity contribution in [1.29, 1.82) is 0 Å². The first-order valence-corrected chi connectivity index (χ1v) is 8.69. The molecule has 0 fully saturated rings. The molecule has 1 amide bonds. The summed E-state index contributed by atoms with van der Waals surface area (Å²) in [5.74, 6) is -0.241. The summed E-state index contributed by atoms with van der Waals surface area (Å²) in [5.41, 5.74) is 3.31. The fraction of sp³-hybridized carbons (Fsp3) is 0.381. The average Bonchev–Trinajstić information content (AvgIpc) is 2.59. The van der Waals surface area contributed by atoms with Crippen LogP contribution in [-0.2, 0) is 11.2 Å². The number of carbonyl (C=O) groups is 1. The molecule has 0 saturated carbocycles. The molecule has 1 N–H and O–H groups in total. The first-order valence-electron chi connectivity index (χ1n) is 8.69. The number of halogens is 1. The standard InChI is InChI=1S/C21H27FN2O/c1-16-4-6-17(7-5-16)8-13-21(25)23-20(14-15-24(2)3)18-9-11-19(22)12-10-18/h4-7,9-12,20H,8,13-15H2,1-3H3,(H,23,25). The van der Waals surface area contributed by atoms with Crippen LogP contribution in [0.4, 0.5) is 4.39 Å². The monoisotopic (exact) mass is 342 g/mol. The largest absolute Gasteiger partial charge is 0.349 e. The Hall–Kier alpha value is -2.20. The molecule has 3 nitrogen and oxygen atoms in total. The number of amides is 1. The predicted octanol–water partition coefficient (Wildman–Crippen LogP) is 3.88. The van der Waals surface area contributed by atoms with Crippen LogP contribution < -0.4 is 5.32 Å². The Balaban J connectivity index is 1.95. The van der Waals surface area contributed by atoms with Crippen molar-refractivity contribution in [3.63, 3.8) is 0 Å². The Morgan fingerprint density at radius 1 is 1.08 bits per heavy atom. The highest BCUT2D eigenvalue weighted by Crippen LogP contribution is 2.18. The van der Waals surface area contributed by atoms with Gasteiger partial charge in [0.05, 0.1) is 6.04 Å². The molecule has 2 aromatic rings. The van der Waals surface area contributed by atoms with Crippen molar-refractivity contribution < 1.29 is 9.18 Å². The quantitative estimate of drug-likeness (QED) is 0.790. The van der Waals surface area contributed by atoms with Crippen LogP contribution in [0.2, 0.25) is 0 Å². The highest BCUT2D eigenvalue weighted by Gasteiger charge is 2.15. The van der Waals surface area contributed by atoms with Gasteiger partial charge in [0, 0.05) is 6.42 Å². The van der Waals surface area contributed by atoms with Crippen LogP contribution in [0.3, 0.4) is 0 Å². The van der Waals surface area contributed by atoms with Gasteiger partial charge in [-0.05, 0) is 63.7 Å². The van der Waals surface area contributed by atoms with E-state index in [4.69, 9.17) is 0 Å².